The van der Waals surface area contributed by atoms with Crippen LogP contribution in [0.25, 0.3) is 21.5 Å². The number of fused-ring (bicyclic) bond motifs is 2. The zero-order valence-corrected chi connectivity index (χ0v) is 37.6. The number of phenolic OH excluding ortho intramolecular Hbond substituents is 4. The molecule has 26 nitrogen and oxygen atoms in total. The van der Waals surface area contributed by atoms with Crippen LogP contribution in [0.15, 0.2) is 119 Å². The smallest absolute Gasteiger partial charge is 0.506 e. The standard InChI is InChI=1S/C16H16N4O10S2.C16H16N4O7S2.2CH3.Cr.H2O/c17-8-2-1-7-3-12(31(25,26)27)14(15(21)10(7)4-8)19-18-11-5-9(20(23)24)6-13(16(11)22)32(28,29)30;17-9-2-1-8-5-14(29(23,24)25)15(16(22)11(8)6-9)20-19-12-7-10(28-27-26-18)3-4-13(12)21;;;;/h1-6,21-22,25-30H,17H2;1-7,21-25H,17-18H2;2*1H3;;1H2/q;;2*-1;+2;/p+1. The molecule has 6 aromatic rings. The number of azo groups is 2. The van der Waals surface area contributed by atoms with Crippen molar-refractivity contribution in [2.75, 3.05) is 11.5 Å². The summed E-state index contributed by atoms with van der Waals surface area (Å²) in [7, 11) is -13.3. The molecule has 0 saturated heterocycles. The van der Waals surface area contributed by atoms with Crippen LogP contribution < -0.4 is 17.4 Å². The average Bonchev–Trinajstić information content (AvgIpc) is 3.16. The van der Waals surface area contributed by atoms with Gasteiger partial charge in [0.2, 0.25) is 0 Å². The van der Waals surface area contributed by atoms with Crippen LogP contribution in [0.4, 0.5) is 39.8 Å². The Balaban J connectivity index is 0.000000615. The first-order valence-corrected chi connectivity index (χ1v) is 21.2. The summed E-state index contributed by atoms with van der Waals surface area (Å²) in [5.41, 5.74) is 9.34. The van der Waals surface area contributed by atoms with Crippen LogP contribution in [0.2, 0.25) is 0 Å². The van der Waals surface area contributed by atoms with E-state index in [-0.39, 0.29) is 71.0 Å². The normalized spacial score (nSPS) is 12.3. The van der Waals surface area contributed by atoms with Gasteiger partial charge in [0.15, 0.2) is 17.2 Å². The summed E-state index contributed by atoms with van der Waals surface area (Å²) in [4.78, 5) is 12.5. The molecule has 0 aromatic heterocycles. The van der Waals surface area contributed by atoms with E-state index in [1.165, 1.54) is 54.6 Å². The first kappa shape index (κ1) is 57.7. The van der Waals surface area contributed by atoms with Crippen molar-refractivity contribution < 1.29 is 98.5 Å². The van der Waals surface area contributed by atoms with E-state index < -0.39 is 92.2 Å². The molecule has 0 aliphatic rings. The molecule has 0 heterocycles. The average molecular weight is 1030 g/mol. The quantitative estimate of drug-likeness (QED) is 0.00838. The van der Waals surface area contributed by atoms with Crippen LogP contribution in [0, 0.1) is 25.0 Å². The van der Waals surface area contributed by atoms with Crippen LogP contribution in [0.1, 0.15) is 0 Å². The van der Waals surface area contributed by atoms with E-state index in [4.69, 9.17) is 17.4 Å². The topological polar surface area (TPSA) is 485 Å². The molecule has 0 aliphatic heterocycles. The summed E-state index contributed by atoms with van der Waals surface area (Å²) in [6.07, 6.45) is 0. The molecule has 6 aromatic carbocycles. The summed E-state index contributed by atoms with van der Waals surface area (Å²) >= 11 is 0.740. The van der Waals surface area contributed by atoms with Crippen LogP contribution >= 0.6 is 44.7 Å². The number of anilines is 2. The van der Waals surface area contributed by atoms with E-state index in [1.54, 1.807) is 6.07 Å². The molecule has 0 spiro atoms. The van der Waals surface area contributed by atoms with Crippen molar-refractivity contribution >= 4 is 106 Å². The van der Waals surface area contributed by atoms with Crippen LogP contribution in [0.5, 0.6) is 23.0 Å². The third-order valence-electron chi connectivity index (χ3n) is 7.92. The second-order valence-electron chi connectivity index (χ2n) is 12.0. The zero-order chi connectivity index (χ0) is 45.2. The molecule has 65 heavy (non-hydrogen) atoms. The summed E-state index contributed by atoms with van der Waals surface area (Å²) in [6, 6.07) is 16.4. The van der Waals surface area contributed by atoms with E-state index >= 15 is 0 Å². The number of non-ortho nitro benzene ring substituents is 1. The van der Waals surface area contributed by atoms with Crippen molar-refractivity contribution in [1.82, 2.24) is 0 Å². The van der Waals surface area contributed by atoms with Gasteiger partial charge in [-0.15, -0.1) is 29.8 Å². The summed E-state index contributed by atoms with van der Waals surface area (Å²) in [5, 5.41) is 68.1. The van der Waals surface area contributed by atoms with E-state index in [0.717, 1.165) is 18.1 Å². The van der Waals surface area contributed by atoms with Gasteiger partial charge in [0.1, 0.15) is 66.0 Å². The Kier molecular flexibility index (Phi) is 20.1. The number of nitro benzene ring substituents is 1. The molecule has 22 N–H and O–H groups in total. The molecule has 0 bridgehead atoms. The number of phenols is 4. The molecular weight excluding hydrogens is 989 g/mol. The van der Waals surface area contributed by atoms with Gasteiger partial charge in [-0.05, 0) is 65.4 Å². The Hall–Kier alpha value is -5.35. The van der Waals surface area contributed by atoms with Gasteiger partial charge in [-0.25, -0.2) is 0 Å². The number of hydrogen-bond donors (Lipinski definition) is 16. The Bertz CT molecular complexity index is 2740. The molecule has 0 fully saturated rings. The molecule has 0 saturated carbocycles. The fourth-order valence-corrected chi connectivity index (χ4v) is 7.61. The van der Waals surface area contributed by atoms with E-state index in [1.807, 2.05) is 0 Å². The molecule has 6 rings (SSSR count). The Morgan fingerprint density at radius 2 is 1.03 bits per heavy atom. The number of nitro groups is 1. The van der Waals surface area contributed by atoms with Crippen LogP contribution in [0.3, 0.4) is 0 Å². The zero-order valence-electron chi connectivity index (χ0n) is 33.0. The van der Waals surface area contributed by atoms with Crippen molar-refractivity contribution in [1.29, 1.82) is 0 Å². The van der Waals surface area contributed by atoms with Crippen molar-refractivity contribution in [3.63, 3.8) is 0 Å². The predicted octanol–water partition coefficient (Wildman–Crippen LogP) is 9.96. The fourth-order valence-electron chi connectivity index (χ4n) is 5.20. The minimum atomic E-state index is -4.60. The Labute approximate surface area is 386 Å². The number of benzene rings is 6. The van der Waals surface area contributed by atoms with E-state index in [2.05, 4.69) is 29.8 Å². The summed E-state index contributed by atoms with van der Waals surface area (Å²) < 4.78 is 91.3. The van der Waals surface area contributed by atoms with Gasteiger partial charge in [0.25, 0.3) is 5.69 Å². The number of nitrogens with two attached hydrogens (primary N) is 3. The SMILES string of the molecule is NOOSc1ccc(O)c(N=Nc2c(S(O)(O)O)cc3ccc(N)cc3c2O)c1.Nc1ccc2cc(S(O)(O)O)c(N=Nc3cc([N+](=O)[O-])cc(S(O)(O)O)c3O)c(O)c2c1.[CH3-].[CH3-].[Cr+2].[OH3+]. The maximum Gasteiger partial charge on any atom is 2.00 e. The van der Waals surface area contributed by atoms with Crippen molar-refractivity contribution in [3.05, 3.63) is 104 Å². The molecular formula is C34H41CrN8O18S4+. The predicted molar refractivity (Wildman–Crippen MR) is 242 cm³/mol. The van der Waals surface area contributed by atoms with Gasteiger partial charge < -0.3 is 93.2 Å². The van der Waals surface area contributed by atoms with E-state index in [0.29, 0.717) is 28.1 Å². The summed E-state index contributed by atoms with van der Waals surface area (Å²) in [5.74, 6) is 2.26. The first-order chi connectivity index (χ1) is 28.4. The van der Waals surface area contributed by atoms with Gasteiger partial charge in [-0.2, -0.15) is 5.90 Å². The molecule has 0 atom stereocenters. The van der Waals surface area contributed by atoms with Gasteiger partial charge in [0.05, 0.1) is 26.8 Å². The van der Waals surface area contributed by atoms with Gasteiger partial charge in [0, 0.05) is 39.2 Å². The fraction of sp³-hybridized carbons (Fsp3) is 0. The van der Waals surface area contributed by atoms with Crippen molar-refractivity contribution in [2.45, 2.75) is 19.6 Å². The minimum absolute atomic E-state index is 0. The number of nitrogen functional groups attached to an aromatic ring is 2. The Morgan fingerprint density at radius 1 is 0.585 bits per heavy atom. The maximum atomic E-state index is 11.1. The molecule has 0 amide bonds. The van der Waals surface area contributed by atoms with Gasteiger partial charge >= 0.3 is 17.4 Å². The van der Waals surface area contributed by atoms with E-state index in [9.17, 15) is 71.5 Å². The second-order valence-corrected chi connectivity index (χ2v) is 17.2. The largest absolute Gasteiger partial charge is 2.00 e. The molecule has 31 heteroatoms. The monoisotopic (exact) mass is 1030 g/mol. The van der Waals surface area contributed by atoms with Crippen LogP contribution in [-0.4, -0.2) is 66.3 Å². The number of nitrogens with zero attached hydrogens (tertiary/aromatic N) is 5. The third-order valence-corrected chi connectivity index (χ3v) is 11.2. The number of aromatic hydroxyl groups is 4. The molecule has 354 valence electrons. The molecule has 0 aliphatic carbocycles. The Morgan fingerprint density at radius 3 is 1.45 bits per heavy atom. The molecule has 0 unspecified atom stereocenters. The number of hydrogen-bond acceptors (Lipinski definition) is 25. The minimum Gasteiger partial charge on any atom is -0.506 e. The number of rotatable bonds is 11. The van der Waals surface area contributed by atoms with Gasteiger partial charge in [-0.1, -0.05) is 12.1 Å². The van der Waals surface area contributed by atoms with Crippen molar-refractivity contribution in [2.24, 2.45) is 26.4 Å². The van der Waals surface area contributed by atoms with Gasteiger partial charge in [-0.3, -0.25) is 10.1 Å². The second kappa shape index (κ2) is 22.7. The van der Waals surface area contributed by atoms with Crippen molar-refractivity contribution in [3.8, 4) is 23.0 Å². The molecule has 0 radical (unpaired) electrons. The first-order valence-electron chi connectivity index (χ1n) is 15.9. The maximum absolute atomic E-state index is 11.1. The summed E-state index contributed by atoms with van der Waals surface area (Å²) in [6.45, 7) is 0. The third kappa shape index (κ3) is 13.6. The van der Waals surface area contributed by atoms with Crippen LogP contribution in [-0.2, 0) is 32.2 Å².